The molecule has 0 bridgehead atoms. The van der Waals surface area contributed by atoms with Gasteiger partial charge in [0.15, 0.2) is 0 Å². The van der Waals surface area contributed by atoms with E-state index in [2.05, 4.69) is 10.4 Å². The van der Waals surface area contributed by atoms with E-state index in [-0.39, 0.29) is 11.8 Å². The Morgan fingerprint density at radius 1 is 1.56 bits per heavy atom. The maximum Gasteiger partial charge on any atom is 0.227 e. The number of rotatable bonds is 4. The zero-order chi connectivity index (χ0) is 13.0. The molecule has 1 aromatic rings. The van der Waals surface area contributed by atoms with Crippen LogP contribution in [-0.2, 0) is 16.1 Å². The Balaban J connectivity index is 1.87. The fourth-order valence-corrected chi connectivity index (χ4v) is 2.01. The van der Waals surface area contributed by atoms with Gasteiger partial charge in [-0.15, -0.1) is 0 Å². The van der Waals surface area contributed by atoms with Crippen LogP contribution in [-0.4, -0.2) is 28.9 Å². The lowest BCUT2D eigenvalue weighted by molar-refractivity contribution is -0.118. The van der Waals surface area contributed by atoms with Crippen LogP contribution < -0.4 is 5.32 Å². The maximum atomic E-state index is 11.5. The number of hydrogen-bond donors (Lipinski definition) is 1. The molecule has 1 N–H and O–H groups in total. The quantitative estimate of drug-likeness (QED) is 0.889. The number of anilines is 1. The highest BCUT2D eigenvalue weighted by atomic mass is 16.5. The summed E-state index contributed by atoms with van der Waals surface area (Å²) in [6.45, 7) is 6.36. The van der Waals surface area contributed by atoms with Gasteiger partial charge in [0, 0.05) is 31.9 Å². The van der Waals surface area contributed by atoms with Gasteiger partial charge >= 0.3 is 0 Å². The maximum absolute atomic E-state index is 11.5. The van der Waals surface area contributed by atoms with Crippen LogP contribution in [0, 0.1) is 11.8 Å². The Hall–Kier alpha value is -1.36. The second kappa shape index (κ2) is 6.00. The Labute approximate surface area is 108 Å². The van der Waals surface area contributed by atoms with E-state index in [4.69, 9.17) is 4.74 Å². The number of amides is 1. The van der Waals surface area contributed by atoms with E-state index in [0.29, 0.717) is 5.92 Å². The fourth-order valence-electron chi connectivity index (χ4n) is 2.01. The molecule has 18 heavy (non-hydrogen) atoms. The molecule has 100 valence electrons. The van der Waals surface area contributed by atoms with Gasteiger partial charge in [0.2, 0.25) is 5.91 Å². The lowest BCUT2D eigenvalue weighted by Gasteiger charge is -2.21. The first kappa shape index (κ1) is 13.1. The molecule has 0 aliphatic carbocycles. The van der Waals surface area contributed by atoms with Gasteiger partial charge < -0.3 is 10.1 Å². The molecular formula is C13H21N3O2. The normalized spacial score (nSPS) is 17.1. The van der Waals surface area contributed by atoms with E-state index in [9.17, 15) is 4.79 Å². The number of nitrogens with one attached hydrogen (secondary N) is 1. The van der Waals surface area contributed by atoms with Crippen molar-refractivity contribution < 1.29 is 9.53 Å². The van der Waals surface area contributed by atoms with Gasteiger partial charge in [-0.2, -0.15) is 5.10 Å². The van der Waals surface area contributed by atoms with Gasteiger partial charge in [-0.1, -0.05) is 13.8 Å². The van der Waals surface area contributed by atoms with E-state index >= 15 is 0 Å². The highest BCUT2D eigenvalue weighted by Crippen LogP contribution is 2.17. The molecule has 1 saturated heterocycles. The van der Waals surface area contributed by atoms with Crippen molar-refractivity contribution in [2.75, 3.05) is 18.5 Å². The molecule has 2 rings (SSSR count). The summed E-state index contributed by atoms with van der Waals surface area (Å²) in [5.41, 5.74) is 0.778. The van der Waals surface area contributed by atoms with Gasteiger partial charge in [0.25, 0.3) is 0 Å². The molecule has 0 spiro atoms. The highest BCUT2D eigenvalue weighted by Gasteiger charge is 2.15. The molecule has 5 nitrogen and oxygen atoms in total. The van der Waals surface area contributed by atoms with Crippen molar-refractivity contribution >= 4 is 11.6 Å². The van der Waals surface area contributed by atoms with Crippen molar-refractivity contribution in [3.8, 4) is 0 Å². The van der Waals surface area contributed by atoms with Crippen molar-refractivity contribution in [1.82, 2.24) is 9.78 Å². The van der Waals surface area contributed by atoms with Crippen LogP contribution in [0.25, 0.3) is 0 Å². The molecule has 0 radical (unpaired) electrons. The molecule has 1 fully saturated rings. The number of aromatic nitrogens is 2. The van der Waals surface area contributed by atoms with Crippen molar-refractivity contribution in [2.45, 2.75) is 33.2 Å². The van der Waals surface area contributed by atoms with E-state index in [1.54, 1.807) is 6.20 Å². The first-order valence-corrected chi connectivity index (χ1v) is 6.56. The molecule has 1 aliphatic heterocycles. The Kier molecular flexibility index (Phi) is 4.36. The summed E-state index contributed by atoms with van der Waals surface area (Å²) in [7, 11) is 0. The third kappa shape index (κ3) is 3.57. The second-order valence-corrected chi connectivity index (χ2v) is 5.15. The zero-order valence-corrected chi connectivity index (χ0v) is 11.1. The average molecular weight is 251 g/mol. The topological polar surface area (TPSA) is 56.2 Å². The Morgan fingerprint density at radius 2 is 2.28 bits per heavy atom. The molecule has 1 aliphatic rings. The Bertz CT molecular complexity index is 395. The third-order valence-electron chi connectivity index (χ3n) is 3.21. The van der Waals surface area contributed by atoms with Gasteiger partial charge in [0.05, 0.1) is 11.9 Å². The summed E-state index contributed by atoms with van der Waals surface area (Å²) in [6.07, 6.45) is 5.79. The van der Waals surface area contributed by atoms with Gasteiger partial charge in [0.1, 0.15) is 0 Å². The first-order chi connectivity index (χ1) is 8.65. The second-order valence-electron chi connectivity index (χ2n) is 5.15. The summed E-state index contributed by atoms with van der Waals surface area (Å²) < 4.78 is 7.24. The van der Waals surface area contributed by atoms with Crippen molar-refractivity contribution in [3.63, 3.8) is 0 Å². The fraction of sp³-hybridized carbons (Fsp3) is 0.692. The first-order valence-electron chi connectivity index (χ1n) is 6.56. The standard InChI is InChI=1S/C13H21N3O2/c1-10(2)13(17)15-12-7-14-16(9-12)8-11-3-5-18-6-4-11/h7,9-11H,3-6,8H2,1-2H3,(H,15,17). The smallest absolute Gasteiger partial charge is 0.227 e. The van der Waals surface area contributed by atoms with E-state index in [1.165, 1.54) is 0 Å². The minimum Gasteiger partial charge on any atom is -0.381 e. The predicted molar refractivity (Wildman–Crippen MR) is 69.2 cm³/mol. The molecule has 0 atom stereocenters. The van der Waals surface area contributed by atoms with Crippen molar-refractivity contribution in [3.05, 3.63) is 12.4 Å². The number of ether oxygens (including phenoxy) is 1. The summed E-state index contributed by atoms with van der Waals surface area (Å²) in [5, 5.41) is 7.14. The highest BCUT2D eigenvalue weighted by molar-refractivity contribution is 5.91. The van der Waals surface area contributed by atoms with Gasteiger partial charge in [-0.3, -0.25) is 9.48 Å². The molecule has 2 heterocycles. The molecule has 0 saturated carbocycles. The summed E-state index contributed by atoms with van der Waals surface area (Å²) in [5.74, 6) is 0.650. The van der Waals surface area contributed by atoms with Crippen molar-refractivity contribution in [1.29, 1.82) is 0 Å². The van der Waals surface area contributed by atoms with Crippen LogP contribution in [0.3, 0.4) is 0 Å². The van der Waals surface area contributed by atoms with E-state index < -0.39 is 0 Å². The van der Waals surface area contributed by atoms with Crippen LogP contribution >= 0.6 is 0 Å². The van der Waals surface area contributed by atoms with Crippen LogP contribution in [0.1, 0.15) is 26.7 Å². The lowest BCUT2D eigenvalue weighted by atomic mass is 10.0. The molecular weight excluding hydrogens is 230 g/mol. The molecule has 0 aromatic carbocycles. The van der Waals surface area contributed by atoms with Crippen LogP contribution in [0.15, 0.2) is 12.4 Å². The van der Waals surface area contributed by atoms with Crippen LogP contribution in [0.2, 0.25) is 0 Å². The summed E-state index contributed by atoms with van der Waals surface area (Å²) >= 11 is 0. The molecule has 5 heteroatoms. The number of hydrogen-bond acceptors (Lipinski definition) is 3. The SMILES string of the molecule is CC(C)C(=O)Nc1cnn(CC2CCOCC2)c1. The minimum absolute atomic E-state index is 0.0103. The zero-order valence-electron chi connectivity index (χ0n) is 11.1. The molecule has 1 amide bonds. The average Bonchev–Trinajstić information content (AvgIpc) is 2.77. The van der Waals surface area contributed by atoms with E-state index in [1.807, 2.05) is 24.7 Å². The van der Waals surface area contributed by atoms with Gasteiger partial charge in [-0.05, 0) is 18.8 Å². The number of carbonyl (C=O) groups excluding carboxylic acids is 1. The molecule has 1 aromatic heterocycles. The van der Waals surface area contributed by atoms with Gasteiger partial charge in [-0.25, -0.2) is 0 Å². The number of carbonyl (C=O) groups is 1. The van der Waals surface area contributed by atoms with Crippen LogP contribution in [0.4, 0.5) is 5.69 Å². The third-order valence-corrected chi connectivity index (χ3v) is 3.21. The van der Waals surface area contributed by atoms with E-state index in [0.717, 1.165) is 38.3 Å². The molecule has 0 unspecified atom stereocenters. The van der Waals surface area contributed by atoms with Crippen LogP contribution in [0.5, 0.6) is 0 Å². The largest absolute Gasteiger partial charge is 0.381 e. The summed E-state index contributed by atoms with van der Waals surface area (Å²) in [6, 6.07) is 0. The monoisotopic (exact) mass is 251 g/mol. The number of nitrogens with zero attached hydrogens (tertiary/aromatic N) is 2. The lowest BCUT2D eigenvalue weighted by Crippen LogP contribution is -2.20. The van der Waals surface area contributed by atoms with Crippen molar-refractivity contribution in [2.24, 2.45) is 11.8 Å². The predicted octanol–water partition coefficient (Wildman–Crippen LogP) is 1.90. The summed E-state index contributed by atoms with van der Waals surface area (Å²) in [4.78, 5) is 11.5. The minimum atomic E-state index is -0.0103. The Morgan fingerprint density at radius 3 is 2.94 bits per heavy atom.